The molecular formula is C15H13N3OS2. The summed E-state index contributed by atoms with van der Waals surface area (Å²) < 4.78 is 3.79. The molecule has 0 spiro atoms. The lowest BCUT2D eigenvalue weighted by atomic mass is 10.0. The number of thiophene rings is 1. The third-order valence-electron chi connectivity index (χ3n) is 3.15. The maximum absolute atomic E-state index is 12.1. The molecule has 0 radical (unpaired) electrons. The van der Waals surface area contributed by atoms with Crippen LogP contribution in [0.1, 0.15) is 20.9 Å². The minimum Gasteiger partial charge on any atom is -0.347 e. The summed E-state index contributed by atoms with van der Waals surface area (Å²) in [4.78, 5) is 12.7. The molecule has 0 aliphatic carbocycles. The molecule has 0 unspecified atom stereocenters. The molecule has 3 aromatic rings. The van der Waals surface area contributed by atoms with Gasteiger partial charge in [-0.15, -0.1) is 5.10 Å². The highest BCUT2D eigenvalue weighted by atomic mass is 32.1. The Bertz CT molecular complexity index is 750. The Morgan fingerprint density at radius 1 is 1.29 bits per heavy atom. The minimum atomic E-state index is -0.123. The zero-order chi connectivity index (χ0) is 14.7. The summed E-state index contributed by atoms with van der Waals surface area (Å²) in [6, 6.07) is 10.2. The van der Waals surface area contributed by atoms with E-state index in [9.17, 15) is 4.79 Å². The predicted molar refractivity (Wildman–Crippen MR) is 85.6 cm³/mol. The van der Waals surface area contributed by atoms with Crippen molar-refractivity contribution in [3.8, 4) is 11.1 Å². The number of hydrogen-bond donors (Lipinski definition) is 1. The molecule has 1 N–H and O–H groups in total. The molecule has 0 aliphatic heterocycles. The van der Waals surface area contributed by atoms with Gasteiger partial charge in [0.2, 0.25) is 0 Å². The van der Waals surface area contributed by atoms with Gasteiger partial charge in [0.05, 0.1) is 5.69 Å². The van der Waals surface area contributed by atoms with Crippen LogP contribution in [-0.4, -0.2) is 15.5 Å². The first-order valence-corrected chi connectivity index (χ1v) is 8.15. The van der Waals surface area contributed by atoms with Gasteiger partial charge in [-0.25, -0.2) is 0 Å². The van der Waals surface area contributed by atoms with E-state index >= 15 is 0 Å². The number of rotatable bonds is 4. The molecule has 2 aromatic heterocycles. The van der Waals surface area contributed by atoms with Crippen molar-refractivity contribution in [3.63, 3.8) is 0 Å². The topological polar surface area (TPSA) is 54.9 Å². The fourth-order valence-corrected chi connectivity index (χ4v) is 3.30. The number of amides is 1. The largest absolute Gasteiger partial charge is 0.347 e. The van der Waals surface area contributed by atoms with Crippen LogP contribution in [0, 0.1) is 6.92 Å². The maximum atomic E-state index is 12.1. The highest BCUT2D eigenvalue weighted by Gasteiger charge is 2.13. The first-order chi connectivity index (χ1) is 10.3. The number of aryl methyl sites for hydroxylation is 1. The van der Waals surface area contributed by atoms with E-state index in [1.54, 1.807) is 18.3 Å². The Labute approximate surface area is 130 Å². The Morgan fingerprint density at radius 3 is 2.86 bits per heavy atom. The van der Waals surface area contributed by atoms with Crippen LogP contribution >= 0.6 is 22.9 Å². The smallest absolute Gasteiger partial charge is 0.265 e. The normalized spacial score (nSPS) is 10.5. The van der Waals surface area contributed by atoms with Crippen molar-refractivity contribution in [2.24, 2.45) is 0 Å². The minimum absolute atomic E-state index is 0.123. The lowest BCUT2D eigenvalue weighted by Gasteiger charge is -2.09. The first-order valence-electron chi connectivity index (χ1n) is 6.43. The third kappa shape index (κ3) is 3.01. The number of hydrogen-bond acceptors (Lipinski definition) is 5. The van der Waals surface area contributed by atoms with E-state index in [2.05, 4.69) is 37.8 Å². The van der Waals surface area contributed by atoms with Gasteiger partial charge in [0.1, 0.15) is 4.88 Å². The quantitative estimate of drug-likeness (QED) is 0.801. The fraction of sp³-hybridized carbons (Fsp3) is 0.133. The standard InChI is InChI=1S/C15H13N3OS2/c1-10-14(21-18-17-10)15(19)16-8-11-4-2-3-5-13(11)12-6-7-20-9-12/h2-7,9H,8H2,1H3,(H,16,19). The number of aromatic nitrogens is 2. The van der Waals surface area contributed by atoms with Crippen LogP contribution in [0.5, 0.6) is 0 Å². The van der Waals surface area contributed by atoms with Crippen molar-refractivity contribution in [2.45, 2.75) is 13.5 Å². The Balaban J connectivity index is 1.77. The molecule has 0 fully saturated rings. The Morgan fingerprint density at radius 2 is 2.14 bits per heavy atom. The first kappa shape index (κ1) is 13.9. The van der Waals surface area contributed by atoms with Gasteiger partial charge in [-0.1, -0.05) is 28.8 Å². The van der Waals surface area contributed by atoms with E-state index in [1.807, 2.05) is 18.2 Å². The number of nitrogens with zero attached hydrogens (tertiary/aromatic N) is 2. The summed E-state index contributed by atoms with van der Waals surface area (Å²) in [7, 11) is 0. The summed E-state index contributed by atoms with van der Waals surface area (Å²) >= 11 is 2.79. The van der Waals surface area contributed by atoms with Crippen LogP contribution in [-0.2, 0) is 6.54 Å². The second-order valence-electron chi connectivity index (χ2n) is 4.54. The van der Waals surface area contributed by atoms with E-state index in [0.29, 0.717) is 17.1 Å². The molecule has 1 amide bonds. The molecule has 21 heavy (non-hydrogen) atoms. The van der Waals surface area contributed by atoms with Crippen molar-refractivity contribution in [1.82, 2.24) is 14.9 Å². The Hall–Kier alpha value is -2.05. The maximum Gasteiger partial charge on any atom is 0.265 e. The van der Waals surface area contributed by atoms with E-state index in [0.717, 1.165) is 22.7 Å². The summed E-state index contributed by atoms with van der Waals surface area (Å²) in [6.07, 6.45) is 0. The molecule has 6 heteroatoms. The van der Waals surface area contributed by atoms with Gasteiger partial charge in [0.25, 0.3) is 5.91 Å². The van der Waals surface area contributed by atoms with Crippen LogP contribution in [0.4, 0.5) is 0 Å². The molecular weight excluding hydrogens is 302 g/mol. The summed E-state index contributed by atoms with van der Waals surface area (Å²) in [6.45, 7) is 2.28. The number of benzene rings is 1. The van der Waals surface area contributed by atoms with E-state index in [4.69, 9.17) is 0 Å². The van der Waals surface area contributed by atoms with Crippen LogP contribution in [0.15, 0.2) is 41.1 Å². The zero-order valence-electron chi connectivity index (χ0n) is 11.4. The molecule has 0 saturated carbocycles. The van der Waals surface area contributed by atoms with Crippen LogP contribution < -0.4 is 5.32 Å². The Kier molecular flexibility index (Phi) is 4.08. The van der Waals surface area contributed by atoms with Gasteiger partial charge in [-0.3, -0.25) is 4.79 Å². The van der Waals surface area contributed by atoms with Gasteiger partial charge in [-0.2, -0.15) is 11.3 Å². The lowest BCUT2D eigenvalue weighted by molar-refractivity contribution is 0.0954. The molecule has 0 bridgehead atoms. The molecule has 106 valence electrons. The van der Waals surface area contributed by atoms with Gasteiger partial charge < -0.3 is 5.32 Å². The third-order valence-corrected chi connectivity index (χ3v) is 4.66. The van der Waals surface area contributed by atoms with Crippen LogP contribution in [0.25, 0.3) is 11.1 Å². The van der Waals surface area contributed by atoms with E-state index in [-0.39, 0.29) is 5.91 Å². The van der Waals surface area contributed by atoms with Gasteiger partial charge in [0, 0.05) is 6.54 Å². The fourth-order valence-electron chi connectivity index (χ4n) is 2.07. The molecule has 2 heterocycles. The van der Waals surface area contributed by atoms with Crippen molar-refractivity contribution in [1.29, 1.82) is 0 Å². The average molecular weight is 315 g/mol. The molecule has 0 aliphatic rings. The lowest BCUT2D eigenvalue weighted by Crippen LogP contribution is -2.22. The summed E-state index contributed by atoms with van der Waals surface area (Å²) in [5.74, 6) is -0.123. The molecule has 1 aromatic carbocycles. The van der Waals surface area contributed by atoms with E-state index < -0.39 is 0 Å². The van der Waals surface area contributed by atoms with Crippen LogP contribution in [0.3, 0.4) is 0 Å². The predicted octanol–water partition coefficient (Wildman–Crippen LogP) is 3.51. The van der Waals surface area contributed by atoms with Crippen LogP contribution in [0.2, 0.25) is 0 Å². The summed E-state index contributed by atoms with van der Waals surface area (Å²) in [5, 5.41) is 11.0. The number of nitrogens with one attached hydrogen (secondary N) is 1. The number of carbonyl (C=O) groups is 1. The molecule has 4 nitrogen and oxygen atoms in total. The molecule has 3 rings (SSSR count). The number of carbonyl (C=O) groups excluding carboxylic acids is 1. The highest BCUT2D eigenvalue weighted by molar-refractivity contribution is 7.08. The second kappa shape index (κ2) is 6.15. The second-order valence-corrected chi connectivity index (χ2v) is 6.07. The average Bonchev–Trinajstić information content (AvgIpc) is 3.16. The van der Waals surface area contributed by atoms with Crippen molar-refractivity contribution < 1.29 is 4.79 Å². The summed E-state index contributed by atoms with van der Waals surface area (Å²) in [5.41, 5.74) is 4.10. The van der Waals surface area contributed by atoms with Crippen molar-refractivity contribution in [2.75, 3.05) is 0 Å². The monoisotopic (exact) mass is 315 g/mol. The van der Waals surface area contributed by atoms with Gasteiger partial charge in [-0.05, 0) is 52.0 Å². The molecule has 0 atom stereocenters. The zero-order valence-corrected chi connectivity index (χ0v) is 13.0. The molecule has 0 saturated heterocycles. The highest BCUT2D eigenvalue weighted by Crippen LogP contribution is 2.25. The van der Waals surface area contributed by atoms with Gasteiger partial charge >= 0.3 is 0 Å². The SMILES string of the molecule is Cc1nnsc1C(=O)NCc1ccccc1-c1ccsc1. The van der Waals surface area contributed by atoms with Crippen molar-refractivity contribution in [3.05, 3.63) is 57.2 Å². The van der Waals surface area contributed by atoms with Crippen molar-refractivity contribution >= 4 is 28.8 Å². The van der Waals surface area contributed by atoms with Gasteiger partial charge in [0.15, 0.2) is 0 Å². The van der Waals surface area contributed by atoms with E-state index in [1.165, 1.54) is 5.56 Å².